The van der Waals surface area contributed by atoms with E-state index in [4.69, 9.17) is 5.11 Å². The minimum Gasteiger partial charge on any atom is -0.481 e. The maximum Gasteiger partial charge on any atom is 0.435 e. The van der Waals surface area contributed by atoms with Gasteiger partial charge in [0.25, 0.3) is 0 Å². The van der Waals surface area contributed by atoms with Crippen LogP contribution in [0.5, 0.6) is 0 Å². The van der Waals surface area contributed by atoms with Gasteiger partial charge in [-0.15, -0.1) is 0 Å². The predicted molar refractivity (Wildman–Crippen MR) is 44.3 cm³/mol. The van der Waals surface area contributed by atoms with Gasteiger partial charge in [0.15, 0.2) is 5.69 Å². The minimum absolute atomic E-state index is 0.171. The van der Waals surface area contributed by atoms with Crippen molar-refractivity contribution in [3.8, 4) is 0 Å². The molecule has 1 rings (SSSR count). The summed E-state index contributed by atoms with van der Waals surface area (Å²) < 4.78 is 36.4. The number of hydrogen-bond acceptors (Lipinski definition) is 2. The third-order valence-electron chi connectivity index (χ3n) is 1.90. The number of carbonyl (C=O) groups is 1. The van der Waals surface area contributed by atoms with E-state index in [-0.39, 0.29) is 12.1 Å². The molecular weight excluding hydrogens is 213 g/mol. The van der Waals surface area contributed by atoms with E-state index in [1.54, 1.807) is 0 Å². The summed E-state index contributed by atoms with van der Waals surface area (Å²) in [5.41, 5.74) is -0.862. The van der Waals surface area contributed by atoms with Crippen LogP contribution in [0.2, 0.25) is 0 Å². The molecule has 0 spiro atoms. The summed E-state index contributed by atoms with van der Waals surface area (Å²) in [6, 6.07) is 0.827. The smallest absolute Gasteiger partial charge is 0.435 e. The van der Waals surface area contributed by atoms with Crippen LogP contribution in [0.1, 0.15) is 30.7 Å². The van der Waals surface area contributed by atoms with Crippen LogP contribution >= 0.6 is 0 Å². The van der Waals surface area contributed by atoms with Gasteiger partial charge < -0.3 is 5.11 Å². The Morgan fingerprint density at radius 1 is 1.67 bits per heavy atom. The SMILES string of the molecule is CC(CC(=O)O)c1cc(C(F)(F)F)n[nH]1. The zero-order valence-electron chi connectivity index (χ0n) is 7.80. The normalized spacial score (nSPS) is 13.9. The van der Waals surface area contributed by atoms with Crippen molar-refractivity contribution in [1.29, 1.82) is 0 Å². The fraction of sp³-hybridized carbons (Fsp3) is 0.500. The molecule has 0 saturated carbocycles. The first kappa shape index (κ1) is 11.5. The van der Waals surface area contributed by atoms with Gasteiger partial charge in [0.2, 0.25) is 0 Å². The van der Waals surface area contributed by atoms with Gasteiger partial charge >= 0.3 is 12.1 Å². The maximum atomic E-state index is 12.1. The molecule has 0 radical (unpaired) electrons. The lowest BCUT2D eigenvalue weighted by atomic mass is 10.0. The zero-order chi connectivity index (χ0) is 11.6. The van der Waals surface area contributed by atoms with E-state index in [0.717, 1.165) is 6.07 Å². The van der Waals surface area contributed by atoms with E-state index in [9.17, 15) is 18.0 Å². The van der Waals surface area contributed by atoms with Gasteiger partial charge in [-0.3, -0.25) is 9.89 Å². The third-order valence-corrected chi connectivity index (χ3v) is 1.90. The molecule has 1 atom stereocenters. The van der Waals surface area contributed by atoms with E-state index in [1.165, 1.54) is 6.92 Å². The summed E-state index contributed by atoms with van der Waals surface area (Å²) in [6.45, 7) is 1.52. The molecule has 0 amide bonds. The molecule has 1 heterocycles. The monoisotopic (exact) mass is 222 g/mol. The molecule has 7 heteroatoms. The number of hydrogen-bond donors (Lipinski definition) is 2. The van der Waals surface area contributed by atoms with Crippen molar-refractivity contribution >= 4 is 5.97 Å². The fourth-order valence-electron chi connectivity index (χ4n) is 1.11. The van der Waals surface area contributed by atoms with Crippen LogP contribution < -0.4 is 0 Å². The Bertz CT molecular complexity index is 359. The number of alkyl halides is 3. The van der Waals surface area contributed by atoms with Crippen molar-refractivity contribution in [3.63, 3.8) is 0 Å². The van der Waals surface area contributed by atoms with Gasteiger partial charge in [0.05, 0.1) is 6.42 Å². The van der Waals surface area contributed by atoms with E-state index < -0.39 is 23.8 Å². The first-order valence-corrected chi connectivity index (χ1v) is 4.15. The second-order valence-electron chi connectivity index (χ2n) is 3.21. The van der Waals surface area contributed by atoms with Crippen LogP contribution in [-0.4, -0.2) is 21.3 Å². The van der Waals surface area contributed by atoms with Crippen LogP contribution in [-0.2, 0) is 11.0 Å². The molecule has 1 aromatic heterocycles. The summed E-state index contributed by atoms with van der Waals surface area (Å²) in [6.07, 6.45) is -4.74. The van der Waals surface area contributed by atoms with Crippen molar-refractivity contribution in [2.45, 2.75) is 25.4 Å². The molecule has 0 saturated heterocycles. The number of rotatable bonds is 3. The van der Waals surface area contributed by atoms with Gasteiger partial charge in [-0.1, -0.05) is 6.92 Å². The molecule has 0 aromatic carbocycles. The Morgan fingerprint density at radius 3 is 2.67 bits per heavy atom. The number of nitrogens with zero attached hydrogens (tertiary/aromatic N) is 1. The molecular formula is C8H9F3N2O2. The van der Waals surface area contributed by atoms with Crippen molar-refractivity contribution in [2.75, 3.05) is 0 Å². The quantitative estimate of drug-likeness (QED) is 0.822. The lowest BCUT2D eigenvalue weighted by Crippen LogP contribution is -2.05. The molecule has 0 aliphatic heterocycles. The van der Waals surface area contributed by atoms with Gasteiger partial charge in [-0.05, 0) is 6.07 Å². The molecule has 1 unspecified atom stereocenters. The average molecular weight is 222 g/mol. The minimum atomic E-state index is -4.50. The Labute approximate surface area is 83.1 Å². The number of carboxylic acid groups (broad SMARTS) is 1. The summed E-state index contributed by atoms with van der Waals surface area (Å²) in [4.78, 5) is 10.3. The molecule has 1 aromatic rings. The van der Waals surface area contributed by atoms with Crippen LogP contribution in [0.15, 0.2) is 6.07 Å². The largest absolute Gasteiger partial charge is 0.481 e. The molecule has 84 valence electrons. The van der Waals surface area contributed by atoms with E-state index in [0.29, 0.717) is 0 Å². The second kappa shape index (κ2) is 3.92. The number of H-pyrrole nitrogens is 1. The summed E-state index contributed by atoms with van der Waals surface area (Å²) in [5, 5.41) is 13.7. The first-order chi connectivity index (χ1) is 6.80. The lowest BCUT2D eigenvalue weighted by Gasteiger charge is -2.04. The zero-order valence-corrected chi connectivity index (χ0v) is 7.80. The van der Waals surface area contributed by atoms with Gasteiger partial charge in [0.1, 0.15) is 0 Å². The predicted octanol–water partition coefficient (Wildman–Crippen LogP) is 2.01. The summed E-state index contributed by atoms with van der Waals surface area (Å²) in [7, 11) is 0. The van der Waals surface area contributed by atoms with E-state index in [2.05, 4.69) is 10.2 Å². The highest BCUT2D eigenvalue weighted by Gasteiger charge is 2.34. The van der Waals surface area contributed by atoms with Crippen LogP contribution in [0.25, 0.3) is 0 Å². The highest BCUT2D eigenvalue weighted by atomic mass is 19.4. The molecule has 2 N–H and O–H groups in total. The molecule has 0 fully saturated rings. The third kappa shape index (κ3) is 2.97. The van der Waals surface area contributed by atoms with Crippen molar-refractivity contribution < 1.29 is 23.1 Å². The number of halogens is 3. The highest BCUT2D eigenvalue weighted by Crippen LogP contribution is 2.29. The van der Waals surface area contributed by atoms with Crippen LogP contribution in [0, 0.1) is 0 Å². The highest BCUT2D eigenvalue weighted by molar-refractivity contribution is 5.67. The van der Waals surface area contributed by atoms with Crippen molar-refractivity contribution in [3.05, 3.63) is 17.5 Å². The van der Waals surface area contributed by atoms with Gasteiger partial charge in [-0.2, -0.15) is 18.3 Å². The van der Waals surface area contributed by atoms with Gasteiger partial charge in [0, 0.05) is 11.6 Å². The first-order valence-electron chi connectivity index (χ1n) is 4.15. The Balaban J connectivity index is 2.80. The van der Waals surface area contributed by atoms with Gasteiger partial charge in [-0.25, -0.2) is 0 Å². The Morgan fingerprint density at radius 2 is 2.27 bits per heavy atom. The molecule has 0 aliphatic carbocycles. The van der Waals surface area contributed by atoms with Crippen molar-refractivity contribution in [1.82, 2.24) is 10.2 Å². The summed E-state index contributed by atoms with van der Waals surface area (Å²) in [5.74, 6) is -1.59. The number of aromatic nitrogens is 2. The Hall–Kier alpha value is -1.53. The van der Waals surface area contributed by atoms with Crippen molar-refractivity contribution in [2.24, 2.45) is 0 Å². The Kier molecular flexibility index (Phi) is 3.01. The van der Waals surface area contributed by atoms with E-state index >= 15 is 0 Å². The average Bonchev–Trinajstić information content (AvgIpc) is 2.48. The topological polar surface area (TPSA) is 66.0 Å². The number of aliphatic carboxylic acids is 1. The standard InChI is InChI=1S/C8H9F3N2O2/c1-4(2-7(14)15)5-3-6(13-12-5)8(9,10)11/h3-4H,2H2,1H3,(H,12,13)(H,14,15). The maximum absolute atomic E-state index is 12.1. The molecule has 4 nitrogen and oxygen atoms in total. The summed E-state index contributed by atoms with van der Waals surface area (Å²) >= 11 is 0. The van der Waals surface area contributed by atoms with Crippen LogP contribution in [0.3, 0.4) is 0 Å². The number of aromatic amines is 1. The molecule has 15 heavy (non-hydrogen) atoms. The second-order valence-corrected chi connectivity index (χ2v) is 3.21. The van der Waals surface area contributed by atoms with E-state index in [1.807, 2.05) is 0 Å². The number of carboxylic acids is 1. The number of nitrogens with one attached hydrogen (secondary N) is 1. The lowest BCUT2D eigenvalue weighted by molar-refractivity contribution is -0.141. The molecule has 0 aliphatic rings. The molecule has 0 bridgehead atoms. The van der Waals surface area contributed by atoms with Crippen LogP contribution in [0.4, 0.5) is 13.2 Å². The fourth-order valence-corrected chi connectivity index (χ4v) is 1.11.